The molecule has 1 aromatic rings. The Morgan fingerprint density at radius 3 is 2.64 bits per heavy atom. The van der Waals surface area contributed by atoms with Gasteiger partial charge in [-0.25, -0.2) is 4.79 Å². The summed E-state index contributed by atoms with van der Waals surface area (Å²) in [4.78, 5) is 26.4. The second kappa shape index (κ2) is 8.60. The van der Waals surface area contributed by atoms with E-state index in [4.69, 9.17) is 4.74 Å². The Labute approximate surface area is 136 Å². The van der Waals surface area contributed by atoms with Crippen molar-refractivity contribution in [2.75, 3.05) is 13.2 Å². The third-order valence-electron chi connectivity index (χ3n) is 2.92. The number of rotatable bonds is 4. The molecule has 0 aliphatic carbocycles. The first-order valence-corrected chi connectivity index (χ1v) is 8.25. The molecule has 0 aromatic carbocycles. The molecule has 1 amide bonds. The number of amides is 1. The largest absolute Gasteiger partial charge is 0.459 e. The summed E-state index contributed by atoms with van der Waals surface area (Å²) in [6.07, 6.45) is 1.40. The molecule has 120 valence electrons. The summed E-state index contributed by atoms with van der Waals surface area (Å²) < 4.78 is 4.80. The molecule has 1 heterocycles. The summed E-state index contributed by atoms with van der Waals surface area (Å²) in [7, 11) is 0. The van der Waals surface area contributed by atoms with Crippen LogP contribution in [0.5, 0.6) is 0 Å². The van der Waals surface area contributed by atoms with Crippen molar-refractivity contribution in [1.29, 1.82) is 0 Å². The molecule has 0 saturated carbocycles. The summed E-state index contributed by atoms with van der Waals surface area (Å²) in [5, 5.41) is 1.99. The van der Waals surface area contributed by atoms with E-state index in [1.165, 1.54) is 0 Å². The van der Waals surface area contributed by atoms with E-state index < -0.39 is 17.4 Å². The SMILES string of the molecule is CCOC(=O)C(=O)N(CCCC#Cc1cccs1)C(C)(C)C. The fourth-order valence-electron chi connectivity index (χ4n) is 1.87. The van der Waals surface area contributed by atoms with Gasteiger partial charge in [0.05, 0.1) is 11.5 Å². The van der Waals surface area contributed by atoms with Gasteiger partial charge < -0.3 is 9.64 Å². The van der Waals surface area contributed by atoms with E-state index in [-0.39, 0.29) is 6.61 Å². The summed E-state index contributed by atoms with van der Waals surface area (Å²) in [6.45, 7) is 8.09. The van der Waals surface area contributed by atoms with E-state index in [1.807, 2.05) is 38.3 Å². The molecule has 0 aliphatic rings. The van der Waals surface area contributed by atoms with Crippen LogP contribution in [0.15, 0.2) is 17.5 Å². The van der Waals surface area contributed by atoms with Gasteiger partial charge in [-0.1, -0.05) is 17.9 Å². The predicted octanol–water partition coefficient (Wildman–Crippen LogP) is 3.07. The average molecular weight is 321 g/mol. The number of carbonyl (C=O) groups excluding carboxylic acids is 2. The second-order valence-corrected chi connectivity index (χ2v) is 6.68. The van der Waals surface area contributed by atoms with Crippen LogP contribution in [0.3, 0.4) is 0 Å². The highest BCUT2D eigenvalue weighted by Gasteiger charge is 2.31. The van der Waals surface area contributed by atoms with Gasteiger partial charge in [-0.05, 0) is 45.6 Å². The van der Waals surface area contributed by atoms with E-state index in [1.54, 1.807) is 23.2 Å². The molecule has 0 saturated heterocycles. The van der Waals surface area contributed by atoms with Gasteiger partial charge in [-0.3, -0.25) is 4.79 Å². The molecule has 22 heavy (non-hydrogen) atoms. The van der Waals surface area contributed by atoms with Crippen LogP contribution in [-0.2, 0) is 14.3 Å². The zero-order valence-electron chi connectivity index (χ0n) is 13.6. The van der Waals surface area contributed by atoms with Crippen LogP contribution in [0.25, 0.3) is 0 Å². The van der Waals surface area contributed by atoms with Crippen molar-refractivity contribution in [2.24, 2.45) is 0 Å². The smallest absolute Gasteiger partial charge is 0.397 e. The normalized spacial score (nSPS) is 10.5. The molecule has 0 fully saturated rings. The van der Waals surface area contributed by atoms with E-state index in [9.17, 15) is 9.59 Å². The van der Waals surface area contributed by atoms with E-state index in [0.717, 1.165) is 11.3 Å². The predicted molar refractivity (Wildman–Crippen MR) is 88.5 cm³/mol. The van der Waals surface area contributed by atoms with Crippen LogP contribution < -0.4 is 0 Å². The molecule has 0 radical (unpaired) electrons. The van der Waals surface area contributed by atoms with Gasteiger partial charge in [0.15, 0.2) is 0 Å². The van der Waals surface area contributed by atoms with E-state index >= 15 is 0 Å². The molecule has 5 heteroatoms. The lowest BCUT2D eigenvalue weighted by Gasteiger charge is -2.34. The Morgan fingerprint density at radius 1 is 1.36 bits per heavy atom. The van der Waals surface area contributed by atoms with Crippen molar-refractivity contribution in [3.8, 4) is 11.8 Å². The first kappa shape index (κ1) is 18.2. The van der Waals surface area contributed by atoms with Crippen LogP contribution in [0.1, 0.15) is 45.4 Å². The lowest BCUT2D eigenvalue weighted by Crippen LogP contribution is -2.49. The minimum absolute atomic E-state index is 0.203. The monoisotopic (exact) mass is 321 g/mol. The van der Waals surface area contributed by atoms with Gasteiger partial charge in [0, 0.05) is 18.5 Å². The lowest BCUT2D eigenvalue weighted by atomic mass is 10.1. The summed E-state index contributed by atoms with van der Waals surface area (Å²) in [6, 6.07) is 3.94. The fraction of sp³-hybridized carbons (Fsp3) is 0.529. The van der Waals surface area contributed by atoms with Crippen LogP contribution in [0, 0.1) is 11.8 Å². The fourth-order valence-corrected chi connectivity index (χ4v) is 2.46. The maximum absolute atomic E-state index is 12.1. The van der Waals surface area contributed by atoms with Gasteiger partial charge >= 0.3 is 11.9 Å². The van der Waals surface area contributed by atoms with Crippen LogP contribution in [0.2, 0.25) is 0 Å². The Balaban J connectivity index is 2.55. The number of thiophene rings is 1. The minimum Gasteiger partial charge on any atom is -0.459 e. The number of hydrogen-bond donors (Lipinski definition) is 0. The van der Waals surface area contributed by atoms with Crippen molar-refractivity contribution in [3.63, 3.8) is 0 Å². The molecular weight excluding hydrogens is 298 g/mol. The summed E-state index contributed by atoms with van der Waals surface area (Å²) >= 11 is 1.61. The van der Waals surface area contributed by atoms with Crippen LogP contribution in [-0.4, -0.2) is 35.5 Å². The van der Waals surface area contributed by atoms with Gasteiger partial charge in [0.1, 0.15) is 0 Å². The van der Waals surface area contributed by atoms with E-state index in [2.05, 4.69) is 11.8 Å². The highest BCUT2D eigenvalue weighted by Crippen LogP contribution is 2.15. The van der Waals surface area contributed by atoms with E-state index in [0.29, 0.717) is 13.0 Å². The van der Waals surface area contributed by atoms with Crippen molar-refractivity contribution in [1.82, 2.24) is 4.90 Å². The Morgan fingerprint density at radius 2 is 2.09 bits per heavy atom. The highest BCUT2D eigenvalue weighted by atomic mass is 32.1. The second-order valence-electron chi connectivity index (χ2n) is 5.73. The van der Waals surface area contributed by atoms with Crippen molar-refractivity contribution in [2.45, 2.75) is 46.1 Å². The van der Waals surface area contributed by atoms with Gasteiger partial charge in [-0.2, -0.15) is 0 Å². The summed E-state index contributed by atoms with van der Waals surface area (Å²) in [5.41, 5.74) is -0.426. The van der Waals surface area contributed by atoms with Gasteiger partial charge in [0.2, 0.25) is 0 Å². The number of unbranched alkanes of at least 4 members (excludes halogenated alkanes) is 1. The van der Waals surface area contributed by atoms with Gasteiger partial charge in [0.25, 0.3) is 0 Å². The zero-order valence-corrected chi connectivity index (χ0v) is 14.5. The lowest BCUT2D eigenvalue weighted by molar-refractivity contribution is -0.162. The quantitative estimate of drug-likeness (QED) is 0.370. The summed E-state index contributed by atoms with van der Waals surface area (Å²) in [5.74, 6) is 4.80. The standard InChI is InChI=1S/C17H23NO3S/c1-5-21-16(20)15(19)18(17(2,3)4)12-8-6-7-10-14-11-9-13-22-14/h9,11,13H,5-6,8,12H2,1-4H3. The number of nitrogens with zero attached hydrogens (tertiary/aromatic N) is 1. The Hall–Kier alpha value is -1.80. The molecule has 4 nitrogen and oxygen atoms in total. The molecule has 0 atom stereocenters. The minimum atomic E-state index is -0.790. The maximum Gasteiger partial charge on any atom is 0.397 e. The first-order chi connectivity index (χ1) is 10.4. The third-order valence-corrected chi connectivity index (χ3v) is 3.71. The first-order valence-electron chi connectivity index (χ1n) is 7.37. The molecular formula is C17H23NO3S. The van der Waals surface area contributed by atoms with Crippen molar-refractivity contribution >= 4 is 23.2 Å². The van der Waals surface area contributed by atoms with Crippen molar-refractivity contribution in [3.05, 3.63) is 22.4 Å². The maximum atomic E-state index is 12.1. The van der Waals surface area contributed by atoms with Crippen LogP contribution in [0.4, 0.5) is 0 Å². The Bertz CT molecular complexity index is 547. The number of hydrogen-bond acceptors (Lipinski definition) is 4. The van der Waals surface area contributed by atoms with Crippen molar-refractivity contribution < 1.29 is 14.3 Å². The average Bonchev–Trinajstić information content (AvgIpc) is 2.94. The highest BCUT2D eigenvalue weighted by molar-refractivity contribution is 7.10. The molecule has 0 bridgehead atoms. The molecule has 0 unspecified atom stereocenters. The van der Waals surface area contributed by atoms with Gasteiger partial charge in [-0.15, -0.1) is 11.3 Å². The third kappa shape index (κ3) is 5.90. The molecule has 1 aromatic heterocycles. The molecule has 0 spiro atoms. The topological polar surface area (TPSA) is 46.6 Å². The number of carbonyl (C=O) groups is 2. The molecule has 1 rings (SSSR count). The Kier molecular flexibility index (Phi) is 7.13. The number of ether oxygens (including phenoxy) is 1. The molecule has 0 N–H and O–H groups in total. The van der Waals surface area contributed by atoms with Crippen LogP contribution >= 0.6 is 11.3 Å². The molecule has 0 aliphatic heterocycles. The zero-order chi connectivity index (χ0) is 16.6. The number of esters is 1.